The van der Waals surface area contributed by atoms with E-state index in [1.807, 2.05) is 0 Å². The second kappa shape index (κ2) is 5.72. The molecule has 104 valence electrons. The summed E-state index contributed by atoms with van der Waals surface area (Å²) in [7, 11) is 0. The van der Waals surface area contributed by atoms with E-state index in [1.54, 1.807) is 53.8 Å². The van der Waals surface area contributed by atoms with Crippen LogP contribution in [0.5, 0.6) is 0 Å². The predicted octanol–water partition coefficient (Wildman–Crippen LogP) is 2.57. The Morgan fingerprint density at radius 1 is 1.19 bits per heavy atom. The normalized spacial score (nSPS) is 10.3. The number of amides is 1. The van der Waals surface area contributed by atoms with Gasteiger partial charge in [-0.3, -0.25) is 9.36 Å². The molecule has 3 aromatic heterocycles. The van der Waals surface area contributed by atoms with E-state index in [0.717, 1.165) is 0 Å². The van der Waals surface area contributed by atoms with Crippen molar-refractivity contribution >= 4 is 23.2 Å². The minimum atomic E-state index is -0.328. The molecule has 0 radical (unpaired) electrons. The van der Waals surface area contributed by atoms with E-state index in [9.17, 15) is 4.79 Å². The van der Waals surface area contributed by atoms with Gasteiger partial charge in [-0.2, -0.15) is 0 Å². The molecule has 0 aliphatic rings. The van der Waals surface area contributed by atoms with Gasteiger partial charge in [0.05, 0.1) is 17.4 Å². The number of nitrogens with zero attached hydrogens (tertiary/aromatic N) is 4. The molecule has 0 atom stereocenters. The highest BCUT2D eigenvalue weighted by Gasteiger charge is 2.11. The maximum Gasteiger partial charge on any atom is 0.258 e. The summed E-state index contributed by atoms with van der Waals surface area (Å²) in [5.74, 6) is 0.384. The van der Waals surface area contributed by atoms with E-state index >= 15 is 0 Å². The molecule has 0 bridgehead atoms. The van der Waals surface area contributed by atoms with Crippen molar-refractivity contribution in [3.05, 3.63) is 66.1 Å². The minimum absolute atomic E-state index is 0.165. The fraction of sp³-hybridized carbons (Fsp3) is 0. The molecule has 1 amide bonds. The molecule has 0 saturated heterocycles. The number of halogens is 1. The Hall–Kier alpha value is -2.73. The fourth-order valence-corrected chi connectivity index (χ4v) is 1.97. The molecule has 0 aromatic carbocycles. The zero-order valence-electron chi connectivity index (χ0n) is 10.8. The van der Waals surface area contributed by atoms with Gasteiger partial charge in [0.25, 0.3) is 5.91 Å². The van der Waals surface area contributed by atoms with Crippen molar-refractivity contribution in [2.75, 3.05) is 5.32 Å². The monoisotopic (exact) mass is 299 g/mol. The number of hydrogen-bond acceptors (Lipinski definition) is 4. The van der Waals surface area contributed by atoms with E-state index in [0.29, 0.717) is 17.1 Å². The summed E-state index contributed by atoms with van der Waals surface area (Å²) in [6.45, 7) is 0. The third kappa shape index (κ3) is 2.90. The highest BCUT2D eigenvalue weighted by molar-refractivity contribution is 6.33. The molecule has 0 unspecified atom stereocenters. The molecule has 1 N–H and O–H groups in total. The molecule has 6 nitrogen and oxygen atoms in total. The maximum atomic E-state index is 12.1. The predicted molar refractivity (Wildman–Crippen MR) is 78.6 cm³/mol. The van der Waals surface area contributed by atoms with Crippen molar-refractivity contribution in [1.29, 1.82) is 0 Å². The zero-order valence-corrected chi connectivity index (χ0v) is 11.5. The van der Waals surface area contributed by atoms with E-state index < -0.39 is 0 Å². The molecule has 3 aromatic rings. The number of anilines is 1. The van der Waals surface area contributed by atoms with Crippen LogP contribution in [0.3, 0.4) is 0 Å². The summed E-state index contributed by atoms with van der Waals surface area (Å²) in [5, 5.41) is 2.89. The van der Waals surface area contributed by atoms with Crippen LogP contribution in [0.15, 0.2) is 55.4 Å². The number of rotatable bonds is 3. The highest BCUT2D eigenvalue weighted by Crippen LogP contribution is 2.15. The van der Waals surface area contributed by atoms with Gasteiger partial charge in [0, 0.05) is 18.6 Å². The molecule has 7 heteroatoms. The number of carbonyl (C=O) groups excluding carboxylic acids is 1. The molecular formula is C14H10ClN5O. The van der Waals surface area contributed by atoms with Gasteiger partial charge in [-0.15, -0.1) is 0 Å². The van der Waals surface area contributed by atoms with Gasteiger partial charge in [-0.05, 0) is 24.3 Å². The van der Waals surface area contributed by atoms with Crippen LogP contribution in [-0.2, 0) is 0 Å². The van der Waals surface area contributed by atoms with E-state index in [2.05, 4.69) is 20.3 Å². The summed E-state index contributed by atoms with van der Waals surface area (Å²) >= 11 is 5.88. The van der Waals surface area contributed by atoms with E-state index in [1.165, 1.54) is 6.20 Å². The lowest BCUT2D eigenvalue weighted by molar-refractivity contribution is 0.102. The molecule has 0 aliphatic carbocycles. The van der Waals surface area contributed by atoms with Gasteiger partial charge < -0.3 is 5.32 Å². The third-order valence-corrected chi connectivity index (χ3v) is 3.08. The number of nitrogens with one attached hydrogen (secondary N) is 1. The van der Waals surface area contributed by atoms with Crippen LogP contribution in [0.25, 0.3) is 5.82 Å². The molecule has 3 rings (SSSR count). The summed E-state index contributed by atoms with van der Waals surface area (Å²) in [5.41, 5.74) is 0.890. The van der Waals surface area contributed by atoms with Crippen LogP contribution in [0.4, 0.5) is 5.69 Å². The lowest BCUT2D eigenvalue weighted by Crippen LogP contribution is -2.13. The number of imidazole rings is 1. The van der Waals surface area contributed by atoms with Crippen LogP contribution >= 0.6 is 11.6 Å². The molecular weight excluding hydrogens is 290 g/mol. The van der Waals surface area contributed by atoms with Crippen molar-refractivity contribution in [3.63, 3.8) is 0 Å². The number of aromatic nitrogens is 4. The average Bonchev–Trinajstić information content (AvgIpc) is 3.02. The topological polar surface area (TPSA) is 72.7 Å². The van der Waals surface area contributed by atoms with Crippen molar-refractivity contribution in [2.24, 2.45) is 0 Å². The fourth-order valence-electron chi connectivity index (χ4n) is 1.76. The van der Waals surface area contributed by atoms with Gasteiger partial charge in [0.15, 0.2) is 0 Å². The van der Waals surface area contributed by atoms with Crippen molar-refractivity contribution in [2.45, 2.75) is 0 Å². The highest BCUT2D eigenvalue weighted by atomic mass is 35.5. The number of pyridine rings is 2. The lowest BCUT2D eigenvalue weighted by atomic mass is 10.2. The smallest absolute Gasteiger partial charge is 0.258 e. The lowest BCUT2D eigenvalue weighted by Gasteiger charge is -2.07. The Morgan fingerprint density at radius 2 is 2.10 bits per heavy atom. The van der Waals surface area contributed by atoms with Gasteiger partial charge in [0.1, 0.15) is 17.3 Å². The van der Waals surface area contributed by atoms with Crippen molar-refractivity contribution in [1.82, 2.24) is 19.5 Å². The second-order valence-corrected chi connectivity index (χ2v) is 4.53. The quantitative estimate of drug-likeness (QED) is 0.754. The maximum absolute atomic E-state index is 12.1. The average molecular weight is 300 g/mol. The first kappa shape index (κ1) is 13.3. The Labute approximate surface area is 125 Å². The molecule has 0 aliphatic heterocycles. The Bertz CT molecular complexity index is 755. The van der Waals surface area contributed by atoms with Gasteiger partial charge in [0.2, 0.25) is 0 Å². The summed E-state index contributed by atoms with van der Waals surface area (Å²) in [6.07, 6.45) is 8.20. The Balaban J connectivity index is 1.77. The van der Waals surface area contributed by atoms with E-state index in [4.69, 9.17) is 11.6 Å². The number of carbonyl (C=O) groups is 1. The zero-order chi connectivity index (χ0) is 14.7. The van der Waals surface area contributed by atoms with Crippen molar-refractivity contribution in [3.8, 4) is 5.82 Å². The summed E-state index contributed by atoms with van der Waals surface area (Å²) in [6, 6.07) is 6.80. The Kier molecular flexibility index (Phi) is 3.61. The minimum Gasteiger partial charge on any atom is -0.320 e. The van der Waals surface area contributed by atoms with Crippen LogP contribution in [0, 0.1) is 0 Å². The first-order valence-corrected chi connectivity index (χ1v) is 6.48. The van der Waals surface area contributed by atoms with Crippen LogP contribution < -0.4 is 5.32 Å². The van der Waals surface area contributed by atoms with Crippen LogP contribution in [0.2, 0.25) is 5.15 Å². The summed E-state index contributed by atoms with van der Waals surface area (Å²) < 4.78 is 1.77. The van der Waals surface area contributed by atoms with E-state index in [-0.39, 0.29) is 11.1 Å². The first-order chi connectivity index (χ1) is 10.2. The largest absolute Gasteiger partial charge is 0.320 e. The standard InChI is InChI=1S/C14H10ClN5O/c15-13-11(2-1-5-17-13)14(21)19-10-3-4-12(18-8-10)20-7-6-16-9-20/h1-9H,(H,19,21). The Morgan fingerprint density at radius 3 is 2.76 bits per heavy atom. The van der Waals surface area contributed by atoms with Crippen LogP contribution in [-0.4, -0.2) is 25.4 Å². The van der Waals surface area contributed by atoms with Crippen molar-refractivity contribution < 1.29 is 4.79 Å². The van der Waals surface area contributed by atoms with Gasteiger partial charge in [-0.1, -0.05) is 11.6 Å². The molecule has 0 spiro atoms. The second-order valence-electron chi connectivity index (χ2n) is 4.17. The summed E-state index contributed by atoms with van der Waals surface area (Å²) in [4.78, 5) is 24.1. The third-order valence-electron chi connectivity index (χ3n) is 2.78. The molecule has 21 heavy (non-hydrogen) atoms. The first-order valence-electron chi connectivity index (χ1n) is 6.10. The SMILES string of the molecule is O=C(Nc1ccc(-n2ccnc2)nc1)c1cccnc1Cl. The van der Waals surface area contributed by atoms with Crippen LogP contribution in [0.1, 0.15) is 10.4 Å². The molecule has 0 saturated carbocycles. The van der Waals surface area contributed by atoms with Gasteiger partial charge >= 0.3 is 0 Å². The van der Waals surface area contributed by atoms with Gasteiger partial charge in [-0.25, -0.2) is 15.0 Å². The molecule has 3 heterocycles. The molecule has 0 fully saturated rings. The number of hydrogen-bond donors (Lipinski definition) is 1.